The van der Waals surface area contributed by atoms with E-state index in [1.807, 2.05) is 5.38 Å². The number of aromatic nitrogens is 1. The van der Waals surface area contributed by atoms with Gasteiger partial charge in [0.05, 0.1) is 0 Å². The minimum absolute atomic E-state index is 0.217. The number of hydrogen-bond acceptors (Lipinski definition) is 4. The maximum absolute atomic E-state index is 8.75. The van der Waals surface area contributed by atoms with E-state index >= 15 is 0 Å². The number of hydrogen-bond donors (Lipinski definition) is 2. The number of aliphatic hydroxyl groups excluding tert-OH is 1. The highest BCUT2D eigenvalue weighted by atomic mass is 32.1. The van der Waals surface area contributed by atoms with Crippen LogP contribution in [0.4, 0.5) is 5.13 Å². The van der Waals surface area contributed by atoms with E-state index in [1.165, 1.54) is 0 Å². The third-order valence-corrected chi connectivity index (χ3v) is 2.89. The number of nitrogens with one attached hydrogen (secondary N) is 1. The molecule has 0 radical (unpaired) electrons. The Kier molecular flexibility index (Phi) is 4.35. The topological polar surface area (TPSA) is 45.1 Å². The molecule has 0 aliphatic carbocycles. The zero-order valence-electron chi connectivity index (χ0n) is 8.79. The molecule has 1 rings (SSSR count). The van der Waals surface area contributed by atoms with Gasteiger partial charge in [-0.2, -0.15) is 0 Å². The van der Waals surface area contributed by atoms with Gasteiger partial charge in [-0.3, -0.25) is 0 Å². The van der Waals surface area contributed by atoms with Crippen molar-refractivity contribution in [3.8, 4) is 0 Å². The van der Waals surface area contributed by atoms with Gasteiger partial charge in [0.15, 0.2) is 5.13 Å². The Morgan fingerprint density at radius 1 is 1.57 bits per heavy atom. The minimum Gasteiger partial charge on any atom is -0.396 e. The Morgan fingerprint density at radius 3 is 2.93 bits per heavy atom. The molecule has 0 aliphatic heterocycles. The summed E-state index contributed by atoms with van der Waals surface area (Å²) < 4.78 is 0. The van der Waals surface area contributed by atoms with Crippen LogP contribution >= 0.6 is 11.3 Å². The van der Waals surface area contributed by atoms with Crippen LogP contribution < -0.4 is 5.32 Å². The van der Waals surface area contributed by atoms with Crippen molar-refractivity contribution in [2.75, 3.05) is 18.5 Å². The van der Waals surface area contributed by atoms with Crippen LogP contribution in [0.25, 0.3) is 0 Å². The summed E-state index contributed by atoms with van der Waals surface area (Å²) in [7, 11) is 0. The Labute approximate surface area is 89.2 Å². The fourth-order valence-corrected chi connectivity index (χ4v) is 1.80. The first-order valence-corrected chi connectivity index (χ1v) is 5.76. The summed E-state index contributed by atoms with van der Waals surface area (Å²) in [6.45, 7) is 5.58. The number of anilines is 1. The number of nitrogens with zero attached hydrogens (tertiary/aromatic N) is 1. The van der Waals surface area contributed by atoms with Crippen LogP contribution in [0.1, 0.15) is 26.7 Å². The largest absolute Gasteiger partial charge is 0.396 e. The summed E-state index contributed by atoms with van der Waals surface area (Å²) in [4.78, 5) is 4.16. The van der Waals surface area contributed by atoms with Gasteiger partial charge in [-0.1, -0.05) is 13.8 Å². The molecule has 0 unspecified atom stereocenters. The predicted molar refractivity (Wildman–Crippen MR) is 60.7 cm³/mol. The molecule has 0 saturated heterocycles. The highest BCUT2D eigenvalue weighted by Gasteiger charge is 2.17. The molecule has 2 N–H and O–H groups in total. The van der Waals surface area contributed by atoms with Crippen molar-refractivity contribution >= 4 is 16.5 Å². The van der Waals surface area contributed by atoms with Crippen LogP contribution in [-0.4, -0.2) is 23.2 Å². The zero-order valence-corrected chi connectivity index (χ0v) is 9.60. The second kappa shape index (κ2) is 5.32. The van der Waals surface area contributed by atoms with Gasteiger partial charge in [0, 0.05) is 24.7 Å². The molecule has 1 heterocycles. The van der Waals surface area contributed by atoms with Crippen molar-refractivity contribution in [3.63, 3.8) is 0 Å². The van der Waals surface area contributed by atoms with Gasteiger partial charge in [-0.05, 0) is 18.3 Å². The van der Waals surface area contributed by atoms with E-state index in [4.69, 9.17) is 5.11 Å². The predicted octanol–water partition coefficient (Wildman–Crippen LogP) is 2.35. The lowest BCUT2D eigenvalue weighted by molar-refractivity contribution is 0.248. The fourth-order valence-electron chi connectivity index (χ4n) is 1.27. The standard InChI is InChI=1S/C10H18N2OS/c1-10(2,4-3-6-13)8-12-9-11-5-7-14-9/h5,7,13H,3-4,6,8H2,1-2H3,(H,11,12). The number of aliphatic hydroxyl groups is 1. The average molecular weight is 214 g/mol. The van der Waals surface area contributed by atoms with Gasteiger partial charge in [-0.25, -0.2) is 4.98 Å². The Bertz CT molecular complexity index is 247. The molecule has 1 aromatic rings. The Balaban J connectivity index is 2.28. The molecule has 0 fully saturated rings. The van der Waals surface area contributed by atoms with Crippen LogP contribution in [-0.2, 0) is 0 Å². The van der Waals surface area contributed by atoms with Crippen molar-refractivity contribution in [1.82, 2.24) is 4.98 Å². The molecule has 1 aromatic heterocycles. The smallest absolute Gasteiger partial charge is 0.182 e. The van der Waals surface area contributed by atoms with E-state index in [-0.39, 0.29) is 12.0 Å². The molecule has 0 aliphatic rings. The van der Waals surface area contributed by atoms with E-state index < -0.39 is 0 Å². The van der Waals surface area contributed by atoms with Gasteiger partial charge >= 0.3 is 0 Å². The lowest BCUT2D eigenvalue weighted by atomic mass is 9.88. The summed E-state index contributed by atoms with van der Waals surface area (Å²) in [5.41, 5.74) is 0.217. The summed E-state index contributed by atoms with van der Waals surface area (Å²) >= 11 is 1.62. The maximum atomic E-state index is 8.75. The van der Waals surface area contributed by atoms with Gasteiger partial charge in [-0.15, -0.1) is 11.3 Å². The van der Waals surface area contributed by atoms with E-state index in [0.717, 1.165) is 24.5 Å². The van der Waals surface area contributed by atoms with Gasteiger partial charge < -0.3 is 10.4 Å². The zero-order chi connectivity index (χ0) is 10.4. The van der Waals surface area contributed by atoms with E-state index in [1.54, 1.807) is 17.5 Å². The van der Waals surface area contributed by atoms with Crippen molar-refractivity contribution in [3.05, 3.63) is 11.6 Å². The summed E-state index contributed by atoms with van der Waals surface area (Å²) in [6, 6.07) is 0. The molecule has 14 heavy (non-hydrogen) atoms. The lowest BCUT2D eigenvalue weighted by Crippen LogP contribution is -2.23. The Hall–Kier alpha value is -0.610. The van der Waals surface area contributed by atoms with Crippen molar-refractivity contribution in [2.24, 2.45) is 5.41 Å². The molecule has 0 aromatic carbocycles. The van der Waals surface area contributed by atoms with Crippen LogP contribution in [0.15, 0.2) is 11.6 Å². The Morgan fingerprint density at radius 2 is 2.36 bits per heavy atom. The molecule has 3 nitrogen and oxygen atoms in total. The van der Waals surface area contributed by atoms with Gasteiger partial charge in [0.1, 0.15) is 0 Å². The maximum Gasteiger partial charge on any atom is 0.182 e. The van der Waals surface area contributed by atoms with Crippen molar-refractivity contribution < 1.29 is 5.11 Å². The number of thiazole rings is 1. The molecule has 0 atom stereocenters. The van der Waals surface area contributed by atoms with Gasteiger partial charge in [0.2, 0.25) is 0 Å². The average Bonchev–Trinajstić information content (AvgIpc) is 2.64. The number of rotatable bonds is 6. The molecular weight excluding hydrogens is 196 g/mol. The third kappa shape index (κ3) is 4.07. The molecule has 0 spiro atoms. The first-order chi connectivity index (χ1) is 6.64. The third-order valence-electron chi connectivity index (χ3n) is 2.16. The van der Waals surface area contributed by atoms with Crippen molar-refractivity contribution in [1.29, 1.82) is 0 Å². The second-order valence-corrected chi connectivity index (χ2v) is 5.08. The molecular formula is C10H18N2OS. The molecule has 4 heteroatoms. The summed E-state index contributed by atoms with van der Waals surface area (Å²) in [5, 5.41) is 15.0. The first kappa shape index (κ1) is 11.5. The monoisotopic (exact) mass is 214 g/mol. The van der Waals surface area contributed by atoms with Crippen LogP contribution in [0.5, 0.6) is 0 Å². The summed E-state index contributed by atoms with van der Waals surface area (Å²) in [6.07, 6.45) is 3.70. The van der Waals surface area contributed by atoms with Crippen LogP contribution in [0.2, 0.25) is 0 Å². The van der Waals surface area contributed by atoms with E-state index in [2.05, 4.69) is 24.1 Å². The minimum atomic E-state index is 0.217. The van der Waals surface area contributed by atoms with Gasteiger partial charge in [0.25, 0.3) is 0 Å². The molecule has 0 saturated carbocycles. The molecule has 0 amide bonds. The fraction of sp³-hybridized carbons (Fsp3) is 0.700. The van der Waals surface area contributed by atoms with E-state index in [9.17, 15) is 0 Å². The molecule has 0 bridgehead atoms. The highest BCUT2D eigenvalue weighted by molar-refractivity contribution is 7.13. The quantitative estimate of drug-likeness (QED) is 0.764. The van der Waals surface area contributed by atoms with E-state index in [0.29, 0.717) is 0 Å². The first-order valence-electron chi connectivity index (χ1n) is 4.88. The SMILES string of the molecule is CC(C)(CCCO)CNc1nccs1. The normalized spacial score (nSPS) is 11.6. The lowest BCUT2D eigenvalue weighted by Gasteiger charge is -2.24. The van der Waals surface area contributed by atoms with Crippen LogP contribution in [0, 0.1) is 5.41 Å². The van der Waals surface area contributed by atoms with Crippen LogP contribution in [0.3, 0.4) is 0 Å². The second-order valence-electron chi connectivity index (χ2n) is 4.18. The summed E-state index contributed by atoms with van der Waals surface area (Å²) in [5.74, 6) is 0. The van der Waals surface area contributed by atoms with Crippen molar-refractivity contribution in [2.45, 2.75) is 26.7 Å². The molecule has 80 valence electrons. The highest BCUT2D eigenvalue weighted by Crippen LogP contribution is 2.23.